The molecule has 1 heterocycles. The van der Waals surface area contributed by atoms with E-state index >= 15 is 0 Å². The maximum Gasteiger partial charge on any atom is 0.339 e. The molecule has 3 rings (SSSR count). The lowest BCUT2D eigenvalue weighted by molar-refractivity contribution is -0.115. The van der Waals surface area contributed by atoms with Crippen LogP contribution in [0.4, 0.5) is 17.1 Å². The fraction of sp³-hybridized carbons (Fsp3) is 0.0667. The van der Waals surface area contributed by atoms with Crippen LogP contribution < -0.4 is 10.2 Å². The Morgan fingerprint density at radius 2 is 1.86 bits per heavy atom. The van der Waals surface area contributed by atoms with Gasteiger partial charge in [0.1, 0.15) is 12.1 Å². The predicted octanol–water partition coefficient (Wildman–Crippen LogP) is 3.13. The van der Waals surface area contributed by atoms with Crippen LogP contribution in [0.25, 0.3) is 0 Å². The van der Waals surface area contributed by atoms with Crippen molar-refractivity contribution < 1.29 is 14.7 Å². The molecule has 2 aromatic rings. The number of nitrogens with zero attached hydrogens (tertiary/aromatic N) is 1. The average molecular weight is 303 g/mol. The van der Waals surface area contributed by atoms with Crippen molar-refractivity contribution in [3.63, 3.8) is 0 Å². The summed E-state index contributed by atoms with van der Waals surface area (Å²) in [4.78, 5) is 25.0. The fourth-order valence-corrected chi connectivity index (χ4v) is 2.65. The molecule has 6 heteroatoms. The van der Waals surface area contributed by atoms with Gasteiger partial charge >= 0.3 is 5.97 Å². The third kappa shape index (κ3) is 2.32. The van der Waals surface area contributed by atoms with E-state index in [4.69, 9.17) is 11.6 Å². The monoisotopic (exact) mass is 302 g/mol. The number of amides is 1. The number of hydrogen-bond acceptors (Lipinski definition) is 3. The zero-order valence-corrected chi connectivity index (χ0v) is 11.6. The summed E-state index contributed by atoms with van der Waals surface area (Å²) in [7, 11) is 0. The number of hydrogen-bond donors (Lipinski definition) is 2. The number of carbonyl (C=O) groups excluding carboxylic acids is 1. The van der Waals surface area contributed by atoms with Gasteiger partial charge in [-0.1, -0.05) is 29.8 Å². The van der Waals surface area contributed by atoms with Crippen molar-refractivity contribution in [3.05, 3.63) is 53.1 Å². The standard InChI is InChI=1S/C15H11ClN2O3/c16-9-4-3-7-12(14(9)15(20)21)18-8-13(19)17-10-5-1-2-6-11(10)18/h1-7H,8H2,(H,17,19)(H,20,21). The highest BCUT2D eigenvalue weighted by molar-refractivity contribution is 6.34. The molecule has 0 radical (unpaired) electrons. The molecule has 0 bridgehead atoms. The first kappa shape index (κ1) is 13.5. The maximum absolute atomic E-state index is 11.8. The van der Waals surface area contributed by atoms with E-state index < -0.39 is 5.97 Å². The molecule has 5 nitrogen and oxygen atoms in total. The highest BCUT2D eigenvalue weighted by Crippen LogP contribution is 2.38. The van der Waals surface area contributed by atoms with Gasteiger partial charge in [-0.15, -0.1) is 0 Å². The van der Waals surface area contributed by atoms with Gasteiger partial charge in [-0.05, 0) is 24.3 Å². The Hall–Kier alpha value is -2.53. The van der Waals surface area contributed by atoms with E-state index in [1.54, 1.807) is 29.2 Å². The number of nitrogens with one attached hydrogen (secondary N) is 1. The van der Waals surface area contributed by atoms with Gasteiger partial charge in [-0.2, -0.15) is 0 Å². The first-order chi connectivity index (χ1) is 10.1. The number of anilines is 3. The summed E-state index contributed by atoms with van der Waals surface area (Å²) in [5, 5.41) is 12.3. The van der Waals surface area contributed by atoms with E-state index in [1.807, 2.05) is 12.1 Å². The zero-order chi connectivity index (χ0) is 15.0. The molecule has 2 aromatic carbocycles. The van der Waals surface area contributed by atoms with Crippen molar-refractivity contribution in [1.82, 2.24) is 0 Å². The van der Waals surface area contributed by atoms with Crippen LogP contribution >= 0.6 is 11.6 Å². The quantitative estimate of drug-likeness (QED) is 0.894. The number of carbonyl (C=O) groups is 2. The van der Waals surface area contributed by atoms with Gasteiger partial charge in [0.25, 0.3) is 0 Å². The Morgan fingerprint density at radius 3 is 2.62 bits per heavy atom. The molecule has 0 spiro atoms. The van der Waals surface area contributed by atoms with Gasteiger partial charge in [0.05, 0.1) is 22.1 Å². The summed E-state index contributed by atoms with van der Waals surface area (Å²) in [5.74, 6) is -1.33. The summed E-state index contributed by atoms with van der Waals surface area (Å²) in [5.41, 5.74) is 1.77. The van der Waals surface area contributed by atoms with Crippen molar-refractivity contribution in [2.24, 2.45) is 0 Å². The van der Waals surface area contributed by atoms with Gasteiger partial charge in [0.15, 0.2) is 0 Å². The summed E-state index contributed by atoms with van der Waals surface area (Å²) in [6.45, 7) is 0.0393. The van der Waals surface area contributed by atoms with E-state index in [0.29, 0.717) is 11.4 Å². The molecular weight excluding hydrogens is 292 g/mol. The second-order valence-electron chi connectivity index (χ2n) is 4.59. The van der Waals surface area contributed by atoms with Gasteiger partial charge in [-0.25, -0.2) is 4.79 Å². The molecule has 1 amide bonds. The Bertz CT molecular complexity index is 745. The van der Waals surface area contributed by atoms with Crippen molar-refractivity contribution in [3.8, 4) is 0 Å². The van der Waals surface area contributed by atoms with Crippen LogP contribution in [-0.2, 0) is 4.79 Å². The first-order valence-corrected chi connectivity index (χ1v) is 6.64. The van der Waals surface area contributed by atoms with E-state index in [0.717, 1.165) is 5.69 Å². The number of para-hydroxylation sites is 2. The molecule has 0 fully saturated rings. The SMILES string of the molecule is O=C1CN(c2cccc(Cl)c2C(=O)O)c2ccccc2N1. The van der Waals surface area contributed by atoms with Crippen molar-refractivity contribution in [2.75, 3.05) is 16.8 Å². The number of halogens is 1. The predicted molar refractivity (Wildman–Crippen MR) is 80.5 cm³/mol. The normalized spacial score (nSPS) is 13.6. The summed E-state index contributed by atoms with van der Waals surface area (Å²) in [6, 6.07) is 12.0. The van der Waals surface area contributed by atoms with Gasteiger partial charge in [0.2, 0.25) is 5.91 Å². The largest absolute Gasteiger partial charge is 0.478 e. The Morgan fingerprint density at radius 1 is 1.14 bits per heavy atom. The lowest BCUT2D eigenvalue weighted by Crippen LogP contribution is -2.35. The Balaban J connectivity index is 2.20. The van der Waals surface area contributed by atoms with Gasteiger partial charge in [-0.3, -0.25) is 4.79 Å². The molecular formula is C15H11ClN2O3. The molecule has 0 unspecified atom stereocenters. The minimum atomic E-state index is -1.13. The Kier molecular flexibility index (Phi) is 3.27. The van der Waals surface area contributed by atoms with Crippen molar-refractivity contribution in [2.45, 2.75) is 0 Å². The van der Waals surface area contributed by atoms with Crippen LogP contribution in [0, 0.1) is 0 Å². The topological polar surface area (TPSA) is 69.6 Å². The lowest BCUT2D eigenvalue weighted by atomic mass is 10.1. The van der Waals surface area contributed by atoms with E-state index in [9.17, 15) is 14.7 Å². The smallest absolute Gasteiger partial charge is 0.339 e. The number of carboxylic acids is 1. The molecule has 0 aromatic heterocycles. The van der Waals surface area contributed by atoms with Gasteiger partial charge in [0, 0.05) is 0 Å². The van der Waals surface area contributed by atoms with Crippen molar-refractivity contribution in [1.29, 1.82) is 0 Å². The van der Waals surface area contributed by atoms with Crippen LogP contribution in [0.15, 0.2) is 42.5 Å². The Labute approximate surface area is 125 Å². The summed E-state index contributed by atoms with van der Waals surface area (Å²) in [6.07, 6.45) is 0. The number of aromatic carboxylic acids is 1. The molecule has 1 aliphatic heterocycles. The highest BCUT2D eigenvalue weighted by Gasteiger charge is 2.27. The lowest BCUT2D eigenvalue weighted by Gasteiger charge is -2.31. The fourth-order valence-electron chi connectivity index (χ4n) is 2.40. The second-order valence-corrected chi connectivity index (χ2v) is 5.00. The molecule has 106 valence electrons. The highest BCUT2D eigenvalue weighted by atomic mass is 35.5. The number of benzene rings is 2. The van der Waals surface area contributed by atoms with E-state index in [1.165, 1.54) is 6.07 Å². The van der Waals surface area contributed by atoms with Crippen molar-refractivity contribution >= 4 is 40.5 Å². The van der Waals surface area contributed by atoms with Crippen LogP contribution in [0.5, 0.6) is 0 Å². The van der Waals surface area contributed by atoms with Crippen LogP contribution in [0.3, 0.4) is 0 Å². The number of fused-ring (bicyclic) bond motifs is 1. The molecule has 2 N–H and O–H groups in total. The summed E-state index contributed by atoms with van der Waals surface area (Å²) >= 11 is 6.00. The molecule has 0 saturated heterocycles. The first-order valence-electron chi connectivity index (χ1n) is 6.26. The third-order valence-corrected chi connectivity index (χ3v) is 3.58. The van der Waals surface area contributed by atoms with Gasteiger partial charge < -0.3 is 15.3 Å². The second kappa shape index (κ2) is 5.10. The molecule has 21 heavy (non-hydrogen) atoms. The molecule has 0 saturated carbocycles. The minimum absolute atomic E-state index is 0.0105. The van der Waals surface area contributed by atoms with Crippen LogP contribution in [-0.4, -0.2) is 23.5 Å². The number of carboxylic acid groups (broad SMARTS) is 1. The molecule has 0 atom stereocenters. The van der Waals surface area contributed by atoms with Crippen LogP contribution in [0.1, 0.15) is 10.4 Å². The average Bonchev–Trinajstić information content (AvgIpc) is 2.45. The van der Waals surface area contributed by atoms with Crippen LogP contribution in [0.2, 0.25) is 5.02 Å². The molecule has 1 aliphatic rings. The maximum atomic E-state index is 11.8. The zero-order valence-electron chi connectivity index (χ0n) is 10.8. The molecule has 0 aliphatic carbocycles. The third-order valence-electron chi connectivity index (χ3n) is 3.27. The van der Waals surface area contributed by atoms with E-state index in [-0.39, 0.29) is 23.0 Å². The summed E-state index contributed by atoms with van der Waals surface area (Å²) < 4.78 is 0. The number of rotatable bonds is 2. The van der Waals surface area contributed by atoms with E-state index in [2.05, 4.69) is 5.32 Å². The minimum Gasteiger partial charge on any atom is -0.478 e.